The van der Waals surface area contributed by atoms with Crippen LogP contribution in [-0.2, 0) is 4.79 Å². The van der Waals surface area contributed by atoms with Crippen LogP contribution >= 0.6 is 0 Å². The molecule has 1 aromatic rings. The highest BCUT2D eigenvalue weighted by Gasteiger charge is 2.43. The minimum atomic E-state index is -0.438. The molecule has 25 heavy (non-hydrogen) atoms. The molecule has 2 N–H and O–H groups in total. The van der Waals surface area contributed by atoms with Gasteiger partial charge in [0.05, 0.1) is 12.7 Å². The summed E-state index contributed by atoms with van der Waals surface area (Å²) in [6.45, 7) is 2.57. The van der Waals surface area contributed by atoms with Crippen LogP contribution in [0.1, 0.15) is 29.8 Å². The number of rotatable bonds is 3. The molecule has 3 rings (SSSR count). The van der Waals surface area contributed by atoms with Gasteiger partial charge in [0.15, 0.2) is 0 Å². The number of hydrogen-bond donors (Lipinski definition) is 2. The number of hydrogen-bond acceptors (Lipinski definition) is 6. The zero-order valence-corrected chi connectivity index (χ0v) is 14.4. The summed E-state index contributed by atoms with van der Waals surface area (Å²) in [7, 11) is 2.02. The smallest absolute Gasteiger partial charge is 0.292 e. The van der Waals surface area contributed by atoms with Gasteiger partial charge in [0.2, 0.25) is 11.7 Å². The Morgan fingerprint density at radius 3 is 2.80 bits per heavy atom. The Morgan fingerprint density at radius 1 is 1.32 bits per heavy atom. The number of carbonyl (C=O) groups is 2. The van der Waals surface area contributed by atoms with Gasteiger partial charge in [-0.2, -0.15) is 5.16 Å². The third-order valence-corrected chi connectivity index (χ3v) is 5.40. The lowest BCUT2D eigenvalue weighted by molar-refractivity contribution is -0.131. The SMILES string of the molecule is CN1CCN(C(=O)c2cc(=O)[nH]o2)CC12CCC(=O)N(CCO)CC2. The lowest BCUT2D eigenvalue weighted by Crippen LogP contribution is -2.62. The van der Waals surface area contributed by atoms with E-state index in [0.29, 0.717) is 45.6 Å². The van der Waals surface area contributed by atoms with Crippen LogP contribution in [0.3, 0.4) is 0 Å². The second kappa shape index (κ2) is 7.01. The van der Waals surface area contributed by atoms with E-state index in [1.165, 1.54) is 0 Å². The molecule has 138 valence electrons. The first kappa shape index (κ1) is 17.7. The van der Waals surface area contributed by atoms with E-state index in [4.69, 9.17) is 9.63 Å². The van der Waals surface area contributed by atoms with Crippen molar-refractivity contribution < 1.29 is 19.2 Å². The molecule has 2 saturated heterocycles. The Morgan fingerprint density at radius 2 is 2.12 bits per heavy atom. The first-order valence-corrected chi connectivity index (χ1v) is 8.53. The summed E-state index contributed by atoms with van der Waals surface area (Å²) in [6, 6.07) is 1.16. The highest BCUT2D eigenvalue weighted by molar-refractivity contribution is 5.91. The Hall–Kier alpha value is -2.13. The largest absolute Gasteiger partial charge is 0.395 e. The van der Waals surface area contributed by atoms with E-state index in [0.717, 1.165) is 12.5 Å². The minimum absolute atomic E-state index is 0.0105. The first-order chi connectivity index (χ1) is 11.9. The molecular formula is C16H24N4O5. The van der Waals surface area contributed by atoms with Crippen molar-refractivity contribution in [1.29, 1.82) is 0 Å². The van der Waals surface area contributed by atoms with E-state index in [9.17, 15) is 14.4 Å². The van der Waals surface area contributed by atoms with Crippen LogP contribution in [0.4, 0.5) is 0 Å². The van der Waals surface area contributed by atoms with Gasteiger partial charge < -0.3 is 19.4 Å². The van der Waals surface area contributed by atoms with Crippen molar-refractivity contribution in [2.75, 3.05) is 46.4 Å². The number of aromatic amines is 1. The summed E-state index contributed by atoms with van der Waals surface area (Å²) in [5.74, 6) is -0.260. The number of likely N-dealkylation sites (tertiary alicyclic amines) is 1. The predicted molar refractivity (Wildman–Crippen MR) is 88.1 cm³/mol. The molecule has 3 heterocycles. The van der Waals surface area contributed by atoms with Crippen LogP contribution in [0.2, 0.25) is 0 Å². The molecule has 1 unspecified atom stereocenters. The third kappa shape index (κ3) is 3.47. The van der Waals surface area contributed by atoms with Crippen LogP contribution in [0.25, 0.3) is 0 Å². The molecule has 0 saturated carbocycles. The number of aromatic nitrogens is 1. The molecule has 9 heteroatoms. The topological polar surface area (TPSA) is 110 Å². The van der Waals surface area contributed by atoms with Gasteiger partial charge in [-0.1, -0.05) is 0 Å². The van der Waals surface area contributed by atoms with Crippen molar-refractivity contribution in [2.24, 2.45) is 0 Å². The van der Waals surface area contributed by atoms with Crippen molar-refractivity contribution in [3.8, 4) is 0 Å². The average Bonchev–Trinajstić information content (AvgIpc) is 2.97. The van der Waals surface area contributed by atoms with Gasteiger partial charge in [-0.05, 0) is 19.9 Å². The fraction of sp³-hybridized carbons (Fsp3) is 0.688. The van der Waals surface area contributed by atoms with E-state index in [-0.39, 0.29) is 29.7 Å². The van der Waals surface area contributed by atoms with Crippen LogP contribution in [0, 0.1) is 0 Å². The average molecular weight is 352 g/mol. The zero-order valence-electron chi connectivity index (χ0n) is 14.4. The number of nitrogens with one attached hydrogen (secondary N) is 1. The van der Waals surface area contributed by atoms with Crippen LogP contribution in [0.5, 0.6) is 0 Å². The van der Waals surface area contributed by atoms with Gasteiger partial charge in [-0.3, -0.25) is 19.3 Å². The first-order valence-electron chi connectivity index (χ1n) is 8.53. The molecular weight excluding hydrogens is 328 g/mol. The summed E-state index contributed by atoms with van der Waals surface area (Å²) >= 11 is 0. The maximum atomic E-state index is 12.6. The number of aliphatic hydroxyl groups is 1. The lowest BCUT2D eigenvalue weighted by atomic mass is 9.86. The van der Waals surface area contributed by atoms with Crippen molar-refractivity contribution in [2.45, 2.75) is 24.8 Å². The van der Waals surface area contributed by atoms with Crippen LogP contribution in [0.15, 0.2) is 15.4 Å². The number of piperazine rings is 1. The highest BCUT2D eigenvalue weighted by atomic mass is 16.5. The van der Waals surface area contributed by atoms with Gasteiger partial charge >= 0.3 is 0 Å². The van der Waals surface area contributed by atoms with Gasteiger partial charge in [-0.25, -0.2) is 0 Å². The second-order valence-corrected chi connectivity index (χ2v) is 6.80. The molecule has 1 spiro atoms. The Balaban J connectivity index is 1.77. The number of nitrogens with zero attached hydrogens (tertiary/aromatic N) is 3. The summed E-state index contributed by atoms with van der Waals surface area (Å²) in [4.78, 5) is 41.7. The Kier molecular flexibility index (Phi) is 4.96. The van der Waals surface area contributed by atoms with Crippen molar-refractivity contribution in [3.05, 3.63) is 22.2 Å². The van der Waals surface area contributed by atoms with E-state index < -0.39 is 5.56 Å². The molecule has 2 fully saturated rings. The van der Waals surface area contributed by atoms with Crippen LogP contribution < -0.4 is 5.56 Å². The Labute approximate surface area is 145 Å². The van der Waals surface area contributed by atoms with Gasteiger partial charge in [0.25, 0.3) is 11.5 Å². The molecule has 0 aromatic carbocycles. The monoisotopic (exact) mass is 352 g/mol. The molecule has 1 atom stereocenters. The lowest BCUT2D eigenvalue weighted by Gasteiger charge is -2.49. The molecule has 1 aromatic heterocycles. The highest BCUT2D eigenvalue weighted by Crippen LogP contribution is 2.32. The normalized spacial score (nSPS) is 25.4. The van der Waals surface area contributed by atoms with E-state index in [1.54, 1.807) is 9.80 Å². The van der Waals surface area contributed by atoms with Gasteiger partial charge in [-0.15, -0.1) is 0 Å². The number of likely N-dealkylation sites (N-methyl/N-ethyl adjacent to an activating group) is 1. The molecule has 2 aliphatic heterocycles. The fourth-order valence-corrected chi connectivity index (χ4v) is 3.77. The number of aliphatic hydroxyl groups excluding tert-OH is 1. The standard InChI is InChI=1S/C16H24N4O5/c1-18-6-7-20(15(24)12-10-13(22)17-25-12)11-16(18)3-2-14(23)19(5-4-16)8-9-21/h10,21H,2-9,11H2,1H3,(H,17,22). The van der Waals surface area contributed by atoms with Gasteiger partial charge in [0.1, 0.15) is 0 Å². The second-order valence-electron chi connectivity index (χ2n) is 6.80. The summed E-state index contributed by atoms with van der Waals surface area (Å²) in [6.07, 6.45) is 1.78. The van der Waals surface area contributed by atoms with Crippen molar-refractivity contribution >= 4 is 11.8 Å². The van der Waals surface area contributed by atoms with Gasteiger partial charge in [0, 0.05) is 44.7 Å². The quantitative estimate of drug-likeness (QED) is 0.729. The summed E-state index contributed by atoms with van der Waals surface area (Å²) in [5, 5.41) is 11.3. The summed E-state index contributed by atoms with van der Waals surface area (Å²) < 4.78 is 4.94. The molecule has 2 amide bonds. The Bertz CT molecular complexity index is 699. The fourth-order valence-electron chi connectivity index (χ4n) is 3.77. The minimum Gasteiger partial charge on any atom is -0.395 e. The van der Waals surface area contributed by atoms with E-state index in [2.05, 4.69) is 10.1 Å². The predicted octanol–water partition coefficient (Wildman–Crippen LogP) is -0.901. The summed E-state index contributed by atoms with van der Waals surface area (Å²) in [5.41, 5.74) is -0.725. The molecule has 0 radical (unpaired) electrons. The maximum absolute atomic E-state index is 12.6. The number of amides is 2. The number of β-amino-alcohol motifs (C(OH)–C–C–N with tert-alkyl or cyclic N) is 1. The number of carbonyl (C=O) groups excluding carboxylic acids is 2. The van der Waals surface area contributed by atoms with Crippen LogP contribution in [-0.4, -0.2) is 88.7 Å². The van der Waals surface area contributed by atoms with Crippen molar-refractivity contribution in [3.63, 3.8) is 0 Å². The molecule has 0 bridgehead atoms. The zero-order chi connectivity index (χ0) is 18.0. The molecule has 9 nitrogen and oxygen atoms in total. The maximum Gasteiger partial charge on any atom is 0.292 e. The third-order valence-electron chi connectivity index (χ3n) is 5.40. The molecule has 0 aliphatic carbocycles. The van der Waals surface area contributed by atoms with E-state index in [1.807, 2.05) is 7.05 Å². The molecule has 2 aliphatic rings. The van der Waals surface area contributed by atoms with Crippen molar-refractivity contribution in [1.82, 2.24) is 19.9 Å². The number of H-pyrrole nitrogens is 1. The van der Waals surface area contributed by atoms with E-state index >= 15 is 0 Å².